The lowest BCUT2D eigenvalue weighted by Crippen LogP contribution is -2.66. The van der Waals surface area contributed by atoms with Crippen LogP contribution in [0.3, 0.4) is 0 Å². The van der Waals surface area contributed by atoms with E-state index >= 15 is 0 Å². The van der Waals surface area contributed by atoms with Crippen LogP contribution >= 0.6 is 0 Å². The number of carbonyl (C=O) groups excluding carboxylic acids is 1. The van der Waals surface area contributed by atoms with E-state index in [1.807, 2.05) is 27.7 Å². The fraction of sp³-hybridized carbons (Fsp3) is 0.941. The molecule has 0 radical (unpaired) electrons. The number of hydrogen-bond acceptors (Lipinski definition) is 5. The van der Waals surface area contributed by atoms with Gasteiger partial charge in [-0.2, -0.15) is 0 Å². The van der Waals surface area contributed by atoms with Crippen molar-refractivity contribution in [1.29, 1.82) is 0 Å². The Balaban J connectivity index is 1.80. The Labute approximate surface area is 139 Å². The highest BCUT2D eigenvalue weighted by atomic mass is 16.6. The van der Waals surface area contributed by atoms with Gasteiger partial charge in [-0.05, 0) is 52.9 Å². The van der Waals surface area contributed by atoms with E-state index in [1.54, 1.807) is 0 Å². The van der Waals surface area contributed by atoms with Gasteiger partial charge in [0.2, 0.25) is 0 Å². The molecule has 4 atom stereocenters. The molecule has 2 fully saturated rings. The van der Waals surface area contributed by atoms with E-state index in [9.17, 15) is 4.79 Å². The monoisotopic (exact) mass is 328 g/mol. The fourth-order valence-corrected chi connectivity index (χ4v) is 3.15. The quantitative estimate of drug-likeness (QED) is 0.781. The van der Waals surface area contributed by atoms with Gasteiger partial charge >= 0.3 is 6.09 Å². The van der Waals surface area contributed by atoms with E-state index < -0.39 is 5.60 Å². The van der Waals surface area contributed by atoms with Crippen molar-refractivity contribution in [3.05, 3.63) is 0 Å². The van der Waals surface area contributed by atoms with Crippen molar-refractivity contribution in [2.45, 2.75) is 70.7 Å². The second kappa shape index (κ2) is 8.31. The molecule has 6 heteroatoms. The molecular formula is C17H32N2O4. The van der Waals surface area contributed by atoms with E-state index in [-0.39, 0.29) is 24.3 Å². The van der Waals surface area contributed by atoms with Gasteiger partial charge in [0, 0.05) is 19.8 Å². The van der Waals surface area contributed by atoms with Crippen LogP contribution in [0.5, 0.6) is 0 Å². The van der Waals surface area contributed by atoms with E-state index in [2.05, 4.69) is 10.6 Å². The molecule has 1 aliphatic carbocycles. The van der Waals surface area contributed by atoms with Gasteiger partial charge in [0.15, 0.2) is 0 Å². The number of nitrogens with one attached hydrogen (secondary N) is 2. The summed E-state index contributed by atoms with van der Waals surface area (Å²) in [5.41, 5.74) is -0.477. The van der Waals surface area contributed by atoms with Crippen molar-refractivity contribution in [3.8, 4) is 0 Å². The van der Waals surface area contributed by atoms with Crippen molar-refractivity contribution in [2.75, 3.05) is 26.4 Å². The average Bonchev–Trinajstić information content (AvgIpc) is 2.45. The highest BCUT2D eigenvalue weighted by Gasteiger charge is 2.43. The van der Waals surface area contributed by atoms with E-state index in [0.29, 0.717) is 12.5 Å². The minimum Gasteiger partial charge on any atom is -0.444 e. The van der Waals surface area contributed by atoms with Crippen LogP contribution in [0.25, 0.3) is 0 Å². The number of carbonyl (C=O) groups is 1. The van der Waals surface area contributed by atoms with Crippen molar-refractivity contribution >= 4 is 6.09 Å². The van der Waals surface area contributed by atoms with E-state index in [0.717, 1.165) is 32.6 Å². The maximum atomic E-state index is 12.0. The topological polar surface area (TPSA) is 68.8 Å². The second-order valence-corrected chi connectivity index (χ2v) is 7.50. The summed E-state index contributed by atoms with van der Waals surface area (Å²) in [5.74, 6) is 0.550. The first-order chi connectivity index (χ1) is 10.9. The summed E-state index contributed by atoms with van der Waals surface area (Å²) >= 11 is 0. The lowest BCUT2D eigenvalue weighted by Gasteiger charge is -2.45. The first kappa shape index (κ1) is 18.5. The smallest absolute Gasteiger partial charge is 0.407 e. The number of ether oxygens (including phenoxy) is 3. The van der Waals surface area contributed by atoms with Crippen LogP contribution in [-0.2, 0) is 14.2 Å². The Kier molecular flexibility index (Phi) is 6.68. The van der Waals surface area contributed by atoms with E-state index in [1.165, 1.54) is 6.42 Å². The molecule has 0 aromatic rings. The Morgan fingerprint density at radius 1 is 1.35 bits per heavy atom. The number of hydrogen-bond donors (Lipinski definition) is 2. The predicted molar refractivity (Wildman–Crippen MR) is 88.5 cm³/mol. The molecule has 0 aromatic carbocycles. The third-order valence-corrected chi connectivity index (χ3v) is 4.30. The van der Waals surface area contributed by atoms with Gasteiger partial charge in [0.1, 0.15) is 5.60 Å². The molecule has 0 bridgehead atoms. The molecule has 2 rings (SSSR count). The number of amides is 1. The highest BCUT2D eigenvalue weighted by Crippen LogP contribution is 2.26. The van der Waals surface area contributed by atoms with Gasteiger partial charge in [-0.1, -0.05) is 0 Å². The Hall–Kier alpha value is -0.850. The van der Waals surface area contributed by atoms with Gasteiger partial charge in [0.25, 0.3) is 0 Å². The van der Waals surface area contributed by atoms with Crippen LogP contribution < -0.4 is 10.6 Å². The lowest BCUT2D eigenvalue weighted by molar-refractivity contribution is -0.0464. The summed E-state index contributed by atoms with van der Waals surface area (Å²) in [5, 5.41) is 6.53. The molecule has 0 spiro atoms. The summed E-state index contributed by atoms with van der Waals surface area (Å²) in [4.78, 5) is 12.0. The van der Waals surface area contributed by atoms with Crippen LogP contribution in [0.4, 0.5) is 4.79 Å². The third-order valence-electron chi connectivity index (χ3n) is 4.30. The van der Waals surface area contributed by atoms with E-state index in [4.69, 9.17) is 14.2 Å². The van der Waals surface area contributed by atoms with Gasteiger partial charge in [-0.15, -0.1) is 0 Å². The van der Waals surface area contributed by atoms with Crippen LogP contribution in [0.2, 0.25) is 0 Å². The molecule has 2 aliphatic rings. The molecule has 4 unspecified atom stereocenters. The first-order valence-electron chi connectivity index (χ1n) is 8.81. The summed E-state index contributed by atoms with van der Waals surface area (Å²) in [6.07, 6.45) is 2.95. The molecule has 1 aliphatic heterocycles. The summed E-state index contributed by atoms with van der Waals surface area (Å²) in [6, 6.07) is 0.204. The largest absolute Gasteiger partial charge is 0.444 e. The Bertz CT molecular complexity index is 377. The molecule has 1 saturated carbocycles. The zero-order chi connectivity index (χ0) is 16.9. The van der Waals surface area contributed by atoms with Gasteiger partial charge < -0.3 is 24.8 Å². The minimum atomic E-state index is -0.477. The zero-order valence-electron chi connectivity index (χ0n) is 14.9. The molecule has 2 N–H and O–H groups in total. The third kappa shape index (κ3) is 5.94. The molecule has 0 aromatic heterocycles. The van der Waals surface area contributed by atoms with Crippen molar-refractivity contribution in [1.82, 2.24) is 10.6 Å². The summed E-state index contributed by atoms with van der Waals surface area (Å²) in [6.45, 7) is 10.9. The normalized spacial score (nSPS) is 31.3. The van der Waals surface area contributed by atoms with Gasteiger partial charge in [-0.3, -0.25) is 0 Å². The van der Waals surface area contributed by atoms with Crippen LogP contribution in [0.1, 0.15) is 47.0 Å². The molecule has 23 heavy (non-hydrogen) atoms. The molecule has 1 heterocycles. The molecular weight excluding hydrogens is 296 g/mol. The molecule has 1 saturated heterocycles. The second-order valence-electron chi connectivity index (χ2n) is 7.50. The Morgan fingerprint density at radius 3 is 2.74 bits per heavy atom. The maximum Gasteiger partial charge on any atom is 0.407 e. The van der Waals surface area contributed by atoms with Crippen molar-refractivity contribution in [2.24, 2.45) is 5.92 Å². The summed E-state index contributed by atoms with van der Waals surface area (Å²) < 4.78 is 16.6. The molecule has 1 amide bonds. The standard InChI is InChI=1S/C17H32N2O4/c1-5-22-14-9-13(19-16(20)23-17(2,3)4)15(14)18-10-12-7-6-8-21-11-12/h12-15,18H,5-11H2,1-4H3,(H,19,20). The number of rotatable bonds is 6. The predicted octanol–water partition coefficient (Wildman–Crippen LogP) is 2.07. The van der Waals surface area contributed by atoms with Crippen molar-refractivity contribution in [3.63, 3.8) is 0 Å². The van der Waals surface area contributed by atoms with Gasteiger partial charge in [-0.25, -0.2) is 4.79 Å². The Morgan fingerprint density at radius 2 is 2.13 bits per heavy atom. The molecule has 6 nitrogen and oxygen atoms in total. The summed E-state index contributed by atoms with van der Waals surface area (Å²) in [7, 11) is 0. The minimum absolute atomic E-state index is 0.0610. The maximum absolute atomic E-state index is 12.0. The van der Waals surface area contributed by atoms with Crippen LogP contribution in [0.15, 0.2) is 0 Å². The highest BCUT2D eigenvalue weighted by molar-refractivity contribution is 5.68. The SMILES string of the molecule is CCOC1CC(NC(=O)OC(C)(C)C)C1NCC1CCCOC1. The average molecular weight is 328 g/mol. The number of alkyl carbamates (subject to hydrolysis) is 1. The fourth-order valence-electron chi connectivity index (χ4n) is 3.15. The zero-order valence-corrected chi connectivity index (χ0v) is 14.9. The van der Waals surface area contributed by atoms with Gasteiger partial charge in [0.05, 0.1) is 24.8 Å². The first-order valence-corrected chi connectivity index (χ1v) is 8.81. The van der Waals surface area contributed by atoms with Crippen LogP contribution in [-0.4, -0.2) is 56.2 Å². The van der Waals surface area contributed by atoms with Crippen LogP contribution in [0, 0.1) is 5.92 Å². The van der Waals surface area contributed by atoms with Crippen molar-refractivity contribution < 1.29 is 19.0 Å². The lowest BCUT2D eigenvalue weighted by atomic mass is 9.82. The molecule has 134 valence electrons.